The first-order valence-electron chi connectivity index (χ1n) is 8.73. The van der Waals surface area contributed by atoms with Crippen LogP contribution in [0.15, 0.2) is 60.9 Å². The molecule has 0 fully saturated rings. The lowest BCUT2D eigenvalue weighted by Gasteiger charge is -2.07. The summed E-state index contributed by atoms with van der Waals surface area (Å²) in [4.78, 5) is 16.6. The number of carbonyl (C=O) groups is 1. The molecular formula is C21H18ClN5O. The third-order valence-electron chi connectivity index (χ3n) is 4.46. The molecule has 0 radical (unpaired) electrons. The summed E-state index contributed by atoms with van der Waals surface area (Å²) in [5, 5.41) is 7.57. The fraction of sp³-hybridized carbons (Fsp3) is 0.0952. The van der Waals surface area contributed by atoms with E-state index in [0.717, 1.165) is 28.0 Å². The second-order valence-electron chi connectivity index (χ2n) is 6.39. The number of fused-ring (bicyclic) bond motifs is 1. The van der Waals surface area contributed by atoms with Crippen molar-refractivity contribution in [2.45, 2.75) is 6.92 Å². The molecule has 28 heavy (non-hydrogen) atoms. The summed E-state index contributed by atoms with van der Waals surface area (Å²) in [7, 11) is 1.76. The third-order valence-corrected chi connectivity index (χ3v) is 4.91. The lowest BCUT2D eigenvalue weighted by atomic mass is 10.2. The molecule has 140 valence electrons. The Bertz CT molecular complexity index is 1190. The fourth-order valence-corrected chi connectivity index (χ4v) is 3.29. The Labute approximate surface area is 167 Å². The number of anilines is 1. The van der Waals surface area contributed by atoms with Gasteiger partial charge in [0.2, 0.25) is 5.91 Å². The van der Waals surface area contributed by atoms with Crippen molar-refractivity contribution in [2.75, 3.05) is 5.32 Å². The molecule has 0 atom stereocenters. The van der Waals surface area contributed by atoms with Gasteiger partial charge in [-0.05, 0) is 49.4 Å². The highest BCUT2D eigenvalue weighted by Crippen LogP contribution is 2.21. The predicted octanol–water partition coefficient (Wildman–Crippen LogP) is 4.37. The minimum atomic E-state index is -0.236. The van der Waals surface area contributed by atoms with E-state index in [-0.39, 0.29) is 5.91 Å². The SMILES string of the molecule is Cc1nn(C)c(Cl)c1/C=C/C(=O)Nc1ccc(-n2cnc3ccccc32)cc1. The van der Waals surface area contributed by atoms with Crippen molar-refractivity contribution in [3.63, 3.8) is 0 Å². The minimum absolute atomic E-state index is 0.236. The van der Waals surface area contributed by atoms with Gasteiger partial charge < -0.3 is 5.32 Å². The van der Waals surface area contributed by atoms with E-state index in [9.17, 15) is 4.79 Å². The number of hydrogen-bond donors (Lipinski definition) is 1. The van der Waals surface area contributed by atoms with Gasteiger partial charge in [-0.2, -0.15) is 5.10 Å². The lowest BCUT2D eigenvalue weighted by Crippen LogP contribution is -2.07. The first-order valence-corrected chi connectivity index (χ1v) is 9.11. The van der Waals surface area contributed by atoms with Crippen LogP contribution in [0.4, 0.5) is 5.69 Å². The van der Waals surface area contributed by atoms with Crippen LogP contribution in [0.3, 0.4) is 0 Å². The van der Waals surface area contributed by atoms with Crippen LogP contribution in [0.2, 0.25) is 5.15 Å². The summed E-state index contributed by atoms with van der Waals surface area (Å²) in [5.41, 5.74) is 5.16. The number of halogens is 1. The molecule has 0 unspecified atom stereocenters. The summed E-state index contributed by atoms with van der Waals surface area (Å²) >= 11 is 6.18. The minimum Gasteiger partial charge on any atom is -0.323 e. The van der Waals surface area contributed by atoms with Gasteiger partial charge in [-0.1, -0.05) is 23.7 Å². The first kappa shape index (κ1) is 18.0. The summed E-state index contributed by atoms with van der Waals surface area (Å²) in [6.07, 6.45) is 4.92. The van der Waals surface area contributed by atoms with Crippen LogP contribution in [0.5, 0.6) is 0 Å². The Morgan fingerprint density at radius 3 is 2.61 bits per heavy atom. The van der Waals surface area contributed by atoms with Crippen LogP contribution < -0.4 is 5.32 Å². The maximum Gasteiger partial charge on any atom is 0.248 e. The number of amides is 1. The van der Waals surface area contributed by atoms with E-state index in [1.807, 2.05) is 60.0 Å². The highest BCUT2D eigenvalue weighted by atomic mass is 35.5. The van der Waals surface area contributed by atoms with E-state index < -0.39 is 0 Å². The molecule has 0 aliphatic rings. The molecule has 4 aromatic rings. The molecule has 0 aliphatic carbocycles. The van der Waals surface area contributed by atoms with E-state index in [1.54, 1.807) is 24.1 Å². The molecule has 0 saturated carbocycles. The van der Waals surface area contributed by atoms with Gasteiger partial charge in [0.1, 0.15) is 11.5 Å². The smallest absolute Gasteiger partial charge is 0.248 e. The molecule has 0 bridgehead atoms. The maximum absolute atomic E-state index is 12.2. The number of rotatable bonds is 4. The Hall–Kier alpha value is -3.38. The van der Waals surface area contributed by atoms with E-state index in [1.165, 1.54) is 6.08 Å². The second-order valence-corrected chi connectivity index (χ2v) is 6.74. The van der Waals surface area contributed by atoms with Gasteiger partial charge in [0.05, 0.1) is 16.7 Å². The summed E-state index contributed by atoms with van der Waals surface area (Å²) in [5.74, 6) is -0.236. The average Bonchev–Trinajstić information content (AvgIpc) is 3.22. The molecule has 7 heteroatoms. The quantitative estimate of drug-likeness (QED) is 0.525. The number of nitrogens with zero attached hydrogens (tertiary/aromatic N) is 4. The number of nitrogens with one attached hydrogen (secondary N) is 1. The molecule has 0 spiro atoms. The topological polar surface area (TPSA) is 64.7 Å². The van der Waals surface area contributed by atoms with E-state index in [4.69, 9.17) is 11.6 Å². The van der Waals surface area contributed by atoms with Crippen LogP contribution in [-0.4, -0.2) is 25.2 Å². The monoisotopic (exact) mass is 391 g/mol. The molecule has 1 N–H and O–H groups in total. The van der Waals surface area contributed by atoms with Gasteiger partial charge in [-0.25, -0.2) is 4.98 Å². The van der Waals surface area contributed by atoms with Crippen molar-refractivity contribution in [3.05, 3.63) is 77.3 Å². The summed E-state index contributed by atoms with van der Waals surface area (Å²) < 4.78 is 3.58. The van der Waals surface area contributed by atoms with Gasteiger partial charge in [0.25, 0.3) is 0 Å². The Kier molecular flexibility index (Phi) is 4.71. The third kappa shape index (κ3) is 3.42. The molecule has 4 rings (SSSR count). The van der Waals surface area contributed by atoms with Crippen LogP contribution in [0, 0.1) is 6.92 Å². The number of hydrogen-bond acceptors (Lipinski definition) is 3. The van der Waals surface area contributed by atoms with Crippen LogP contribution >= 0.6 is 11.6 Å². The maximum atomic E-state index is 12.2. The molecule has 1 amide bonds. The van der Waals surface area contributed by atoms with Crippen molar-refractivity contribution in [2.24, 2.45) is 7.05 Å². The summed E-state index contributed by atoms with van der Waals surface area (Å²) in [6.45, 7) is 1.85. The molecular weight excluding hydrogens is 374 g/mol. The van der Waals surface area contributed by atoms with E-state index >= 15 is 0 Å². The first-order chi connectivity index (χ1) is 13.5. The molecule has 0 aliphatic heterocycles. The van der Waals surface area contributed by atoms with Crippen molar-refractivity contribution < 1.29 is 4.79 Å². The number of imidazole rings is 1. The molecule has 2 aromatic heterocycles. The van der Waals surface area contributed by atoms with Crippen molar-refractivity contribution in [1.82, 2.24) is 19.3 Å². The standard InChI is InChI=1S/C21H18ClN5O/c1-14-17(21(22)26(2)25-14)11-12-20(28)24-15-7-9-16(10-8-15)27-13-23-18-5-3-4-6-19(18)27/h3-13H,1-2H3,(H,24,28)/b12-11+. The number of carbonyl (C=O) groups excluding carboxylic acids is 1. The number of aromatic nitrogens is 4. The van der Waals surface area contributed by atoms with Gasteiger partial charge in [0, 0.05) is 30.1 Å². The Balaban J connectivity index is 1.48. The molecule has 2 aromatic carbocycles. The van der Waals surface area contributed by atoms with Crippen LogP contribution in [-0.2, 0) is 11.8 Å². The zero-order valence-corrected chi connectivity index (χ0v) is 16.2. The second kappa shape index (κ2) is 7.32. The number of aryl methyl sites for hydroxylation is 2. The Morgan fingerprint density at radius 1 is 1.14 bits per heavy atom. The normalized spacial score (nSPS) is 11.4. The zero-order valence-electron chi connectivity index (χ0n) is 15.4. The van der Waals surface area contributed by atoms with Crippen molar-refractivity contribution in [1.29, 1.82) is 0 Å². The van der Waals surface area contributed by atoms with Crippen LogP contribution in [0.1, 0.15) is 11.3 Å². The largest absolute Gasteiger partial charge is 0.323 e. The zero-order chi connectivity index (χ0) is 19.7. The average molecular weight is 392 g/mol. The van der Waals surface area contributed by atoms with Crippen molar-refractivity contribution in [3.8, 4) is 5.69 Å². The van der Waals surface area contributed by atoms with Gasteiger partial charge >= 0.3 is 0 Å². The van der Waals surface area contributed by atoms with E-state index in [2.05, 4.69) is 15.4 Å². The highest BCUT2D eigenvalue weighted by molar-refractivity contribution is 6.31. The molecule has 6 nitrogen and oxygen atoms in total. The molecule has 0 saturated heterocycles. The lowest BCUT2D eigenvalue weighted by molar-refractivity contribution is -0.111. The van der Waals surface area contributed by atoms with E-state index in [0.29, 0.717) is 10.8 Å². The fourth-order valence-electron chi connectivity index (χ4n) is 3.05. The molecule has 2 heterocycles. The van der Waals surface area contributed by atoms with Gasteiger partial charge in [-0.15, -0.1) is 0 Å². The van der Waals surface area contributed by atoms with Crippen LogP contribution in [0.25, 0.3) is 22.8 Å². The van der Waals surface area contributed by atoms with Gasteiger partial charge in [0.15, 0.2) is 0 Å². The predicted molar refractivity (Wildman–Crippen MR) is 112 cm³/mol. The van der Waals surface area contributed by atoms with Gasteiger partial charge in [-0.3, -0.25) is 14.0 Å². The number of benzene rings is 2. The Morgan fingerprint density at radius 2 is 1.89 bits per heavy atom. The highest BCUT2D eigenvalue weighted by Gasteiger charge is 2.09. The summed E-state index contributed by atoms with van der Waals surface area (Å²) in [6, 6.07) is 15.5. The number of para-hydroxylation sites is 2. The van der Waals surface area contributed by atoms with Crippen molar-refractivity contribution >= 4 is 40.3 Å².